The molecule has 0 atom stereocenters. The lowest BCUT2D eigenvalue weighted by atomic mass is 10.1. The topological polar surface area (TPSA) is 68.5 Å². The maximum Gasteiger partial charge on any atom is 0.410 e. The van der Waals surface area contributed by atoms with E-state index in [-0.39, 0.29) is 6.09 Å². The van der Waals surface area contributed by atoms with Gasteiger partial charge in [0.2, 0.25) is 0 Å². The monoisotopic (exact) mass is 311 g/mol. The van der Waals surface area contributed by atoms with Gasteiger partial charge >= 0.3 is 6.09 Å². The predicted octanol–water partition coefficient (Wildman–Crippen LogP) is 3.58. The standard InChI is InChI=1S/C18H21N3O2/c1-18(2,3)23-17(22)21-10-13-9-14(19)16(20-15(13)11-21)12-7-5-4-6-8-12/h4-9H,10-11,19H2,1-3H3. The normalized spacial score (nSPS) is 13.8. The molecule has 1 aromatic heterocycles. The zero-order chi connectivity index (χ0) is 16.6. The van der Waals surface area contributed by atoms with E-state index in [9.17, 15) is 4.79 Å². The fourth-order valence-corrected chi connectivity index (χ4v) is 2.61. The van der Waals surface area contributed by atoms with Gasteiger partial charge in [0.25, 0.3) is 0 Å². The maximum atomic E-state index is 12.2. The third kappa shape index (κ3) is 3.28. The number of carbonyl (C=O) groups excluding carboxylic acids is 1. The molecule has 0 fully saturated rings. The first-order valence-electron chi connectivity index (χ1n) is 7.65. The van der Waals surface area contributed by atoms with Crippen LogP contribution in [0.2, 0.25) is 0 Å². The molecule has 120 valence electrons. The minimum atomic E-state index is -0.506. The molecule has 1 amide bonds. The molecule has 3 rings (SSSR count). The second-order valence-corrected chi connectivity index (χ2v) is 6.73. The third-order valence-electron chi connectivity index (χ3n) is 3.62. The minimum absolute atomic E-state index is 0.324. The zero-order valence-electron chi connectivity index (χ0n) is 13.7. The van der Waals surface area contributed by atoms with Crippen LogP contribution in [0.4, 0.5) is 10.5 Å². The van der Waals surface area contributed by atoms with Gasteiger partial charge in [-0.05, 0) is 32.4 Å². The Morgan fingerprint density at radius 1 is 1.22 bits per heavy atom. The number of ether oxygens (including phenoxy) is 1. The van der Waals surface area contributed by atoms with Crippen LogP contribution in [0.3, 0.4) is 0 Å². The molecule has 0 aliphatic carbocycles. The lowest BCUT2D eigenvalue weighted by Crippen LogP contribution is -2.33. The van der Waals surface area contributed by atoms with Crippen molar-refractivity contribution in [2.24, 2.45) is 0 Å². The summed E-state index contributed by atoms with van der Waals surface area (Å²) < 4.78 is 5.43. The molecule has 0 bridgehead atoms. The van der Waals surface area contributed by atoms with Crippen LogP contribution in [-0.2, 0) is 17.8 Å². The van der Waals surface area contributed by atoms with E-state index in [2.05, 4.69) is 4.98 Å². The van der Waals surface area contributed by atoms with Crippen molar-refractivity contribution in [3.05, 3.63) is 47.7 Å². The van der Waals surface area contributed by atoms with Crippen molar-refractivity contribution in [2.45, 2.75) is 39.5 Å². The summed E-state index contributed by atoms with van der Waals surface area (Å²) in [5.41, 5.74) is 9.86. The van der Waals surface area contributed by atoms with Gasteiger partial charge in [0.15, 0.2) is 0 Å². The summed E-state index contributed by atoms with van der Waals surface area (Å²) in [6, 6.07) is 11.7. The van der Waals surface area contributed by atoms with Crippen LogP contribution in [0.15, 0.2) is 36.4 Å². The smallest absolute Gasteiger partial charge is 0.410 e. The Bertz CT molecular complexity index is 736. The number of fused-ring (bicyclic) bond motifs is 1. The molecule has 1 aliphatic rings. The van der Waals surface area contributed by atoms with Gasteiger partial charge in [-0.2, -0.15) is 0 Å². The highest BCUT2D eigenvalue weighted by Gasteiger charge is 2.29. The van der Waals surface area contributed by atoms with Crippen molar-refractivity contribution >= 4 is 11.8 Å². The molecule has 1 aliphatic heterocycles. The van der Waals surface area contributed by atoms with E-state index in [0.29, 0.717) is 18.8 Å². The number of amides is 1. The number of benzene rings is 1. The quantitative estimate of drug-likeness (QED) is 0.874. The van der Waals surface area contributed by atoms with Gasteiger partial charge in [0, 0.05) is 5.56 Å². The molecule has 23 heavy (non-hydrogen) atoms. The van der Waals surface area contributed by atoms with Crippen LogP contribution in [0.25, 0.3) is 11.3 Å². The molecule has 1 aromatic carbocycles. The number of anilines is 1. The Labute approximate surface area is 136 Å². The van der Waals surface area contributed by atoms with Gasteiger partial charge < -0.3 is 10.5 Å². The van der Waals surface area contributed by atoms with E-state index in [1.165, 1.54) is 0 Å². The van der Waals surface area contributed by atoms with Crippen molar-refractivity contribution in [1.82, 2.24) is 9.88 Å². The Morgan fingerprint density at radius 3 is 2.57 bits per heavy atom. The van der Waals surface area contributed by atoms with Crippen LogP contribution < -0.4 is 5.73 Å². The molecule has 0 unspecified atom stereocenters. The fourth-order valence-electron chi connectivity index (χ4n) is 2.61. The Morgan fingerprint density at radius 2 is 1.91 bits per heavy atom. The van der Waals surface area contributed by atoms with Crippen LogP contribution in [0.5, 0.6) is 0 Å². The Kier molecular flexibility index (Phi) is 3.72. The molecule has 2 heterocycles. The number of aromatic nitrogens is 1. The lowest BCUT2D eigenvalue weighted by Gasteiger charge is -2.23. The largest absolute Gasteiger partial charge is 0.444 e. The number of nitrogens with two attached hydrogens (primary N) is 1. The first-order chi connectivity index (χ1) is 10.8. The number of pyridine rings is 1. The van der Waals surface area contributed by atoms with Gasteiger partial charge in [0.1, 0.15) is 5.60 Å². The number of rotatable bonds is 1. The zero-order valence-corrected chi connectivity index (χ0v) is 13.7. The molecule has 2 aromatic rings. The minimum Gasteiger partial charge on any atom is -0.444 e. The number of carbonyl (C=O) groups is 1. The summed E-state index contributed by atoms with van der Waals surface area (Å²) in [6.07, 6.45) is -0.324. The van der Waals surface area contributed by atoms with Gasteiger partial charge in [0.05, 0.1) is 30.2 Å². The molecule has 0 saturated carbocycles. The SMILES string of the molecule is CC(C)(C)OC(=O)N1Cc2cc(N)c(-c3ccccc3)nc2C1. The predicted molar refractivity (Wildman–Crippen MR) is 89.6 cm³/mol. The first-order valence-corrected chi connectivity index (χ1v) is 7.65. The summed E-state index contributed by atoms with van der Waals surface area (Å²) in [5.74, 6) is 0. The lowest BCUT2D eigenvalue weighted by molar-refractivity contribution is 0.0240. The summed E-state index contributed by atoms with van der Waals surface area (Å²) in [5, 5.41) is 0. The average Bonchev–Trinajstić information content (AvgIpc) is 2.88. The number of nitrogens with zero attached hydrogens (tertiary/aromatic N) is 2. The van der Waals surface area contributed by atoms with Crippen LogP contribution in [0.1, 0.15) is 32.0 Å². The average molecular weight is 311 g/mol. The highest BCUT2D eigenvalue weighted by atomic mass is 16.6. The van der Waals surface area contributed by atoms with Crippen molar-refractivity contribution in [3.63, 3.8) is 0 Å². The highest BCUT2D eigenvalue weighted by Crippen LogP contribution is 2.31. The first kappa shape index (κ1) is 15.3. The Balaban J connectivity index is 1.85. The van der Waals surface area contributed by atoms with Crippen molar-refractivity contribution < 1.29 is 9.53 Å². The van der Waals surface area contributed by atoms with Crippen molar-refractivity contribution in [1.29, 1.82) is 0 Å². The molecule has 0 spiro atoms. The van der Waals surface area contributed by atoms with Gasteiger partial charge in [-0.15, -0.1) is 0 Å². The maximum absolute atomic E-state index is 12.2. The van der Waals surface area contributed by atoms with Gasteiger partial charge in [-0.25, -0.2) is 9.78 Å². The van der Waals surface area contributed by atoms with E-state index in [1.54, 1.807) is 4.90 Å². The second-order valence-electron chi connectivity index (χ2n) is 6.73. The van der Waals surface area contributed by atoms with Gasteiger partial charge in [-0.1, -0.05) is 30.3 Å². The van der Waals surface area contributed by atoms with E-state index in [1.807, 2.05) is 57.2 Å². The molecular weight excluding hydrogens is 290 g/mol. The third-order valence-corrected chi connectivity index (χ3v) is 3.62. The van der Waals surface area contributed by atoms with E-state index in [0.717, 1.165) is 22.5 Å². The van der Waals surface area contributed by atoms with Crippen molar-refractivity contribution in [3.8, 4) is 11.3 Å². The molecular formula is C18H21N3O2. The van der Waals surface area contributed by atoms with Crippen LogP contribution >= 0.6 is 0 Å². The fraction of sp³-hybridized carbons (Fsp3) is 0.333. The second kappa shape index (κ2) is 5.57. The molecule has 2 N–H and O–H groups in total. The summed E-state index contributed by atoms with van der Waals surface area (Å²) in [7, 11) is 0. The van der Waals surface area contributed by atoms with Crippen LogP contribution in [-0.4, -0.2) is 21.6 Å². The molecule has 5 nitrogen and oxygen atoms in total. The molecule has 5 heteroatoms. The molecule has 0 saturated heterocycles. The Hall–Kier alpha value is -2.56. The summed E-state index contributed by atoms with van der Waals surface area (Å²) >= 11 is 0. The molecule has 0 radical (unpaired) electrons. The van der Waals surface area contributed by atoms with E-state index in [4.69, 9.17) is 10.5 Å². The van der Waals surface area contributed by atoms with E-state index >= 15 is 0 Å². The highest BCUT2D eigenvalue weighted by molar-refractivity contribution is 5.74. The number of hydrogen-bond acceptors (Lipinski definition) is 4. The van der Waals surface area contributed by atoms with Crippen LogP contribution in [0, 0.1) is 0 Å². The van der Waals surface area contributed by atoms with Gasteiger partial charge in [-0.3, -0.25) is 4.90 Å². The number of hydrogen-bond donors (Lipinski definition) is 1. The summed E-state index contributed by atoms with van der Waals surface area (Å²) in [6.45, 7) is 6.51. The van der Waals surface area contributed by atoms with E-state index < -0.39 is 5.60 Å². The number of nitrogen functional groups attached to an aromatic ring is 1. The summed E-state index contributed by atoms with van der Waals surface area (Å²) in [4.78, 5) is 18.5. The van der Waals surface area contributed by atoms with Crippen molar-refractivity contribution in [2.75, 3.05) is 5.73 Å².